The number of nitrogens with zero attached hydrogens (tertiary/aromatic N) is 3. The highest BCUT2D eigenvalue weighted by molar-refractivity contribution is 5.55. The molecule has 2 heterocycles. The third kappa shape index (κ3) is 2.31. The Hall–Kier alpha value is -1.81. The summed E-state index contributed by atoms with van der Waals surface area (Å²) in [7, 11) is 2.02. The summed E-state index contributed by atoms with van der Waals surface area (Å²) >= 11 is 0. The van der Waals surface area contributed by atoms with Crippen LogP contribution in [0.5, 0.6) is 0 Å². The van der Waals surface area contributed by atoms with Gasteiger partial charge in [-0.15, -0.1) is 0 Å². The maximum absolute atomic E-state index is 4.53. The lowest BCUT2D eigenvalue weighted by molar-refractivity contribution is 0.686. The lowest BCUT2D eigenvalue weighted by Crippen LogP contribution is -2.28. The second-order valence-corrected chi connectivity index (χ2v) is 5.50. The molecule has 4 heteroatoms. The van der Waals surface area contributed by atoms with Crippen LogP contribution in [-0.4, -0.2) is 22.9 Å². The van der Waals surface area contributed by atoms with E-state index in [1.165, 1.54) is 22.5 Å². The van der Waals surface area contributed by atoms with E-state index in [1.54, 1.807) is 0 Å². The Balaban J connectivity index is 1.94. The Labute approximate surface area is 120 Å². The monoisotopic (exact) mass is 270 g/mol. The quantitative estimate of drug-likeness (QED) is 0.907. The number of aromatic nitrogens is 2. The van der Waals surface area contributed by atoms with Crippen molar-refractivity contribution in [1.82, 2.24) is 15.1 Å². The van der Waals surface area contributed by atoms with E-state index in [-0.39, 0.29) is 0 Å². The minimum absolute atomic E-state index is 0.935. The van der Waals surface area contributed by atoms with E-state index in [1.807, 2.05) is 11.7 Å². The number of para-hydroxylation sites is 1. The molecule has 3 rings (SSSR count). The molecular formula is C16H22N4. The number of anilines is 1. The minimum Gasteiger partial charge on any atom is -0.366 e. The second kappa shape index (κ2) is 5.29. The molecule has 0 atom stereocenters. The van der Waals surface area contributed by atoms with Gasteiger partial charge in [0.25, 0.3) is 0 Å². The largest absolute Gasteiger partial charge is 0.366 e. The third-order valence-electron chi connectivity index (χ3n) is 4.21. The van der Waals surface area contributed by atoms with Gasteiger partial charge >= 0.3 is 0 Å². The molecule has 0 aliphatic carbocycles. The van der Waals surface area contributed by atoms with Gasteiger partial charge in [-0.3, -0.25) is 4.68 Å². The van der Waals surface area contributed by atoms with Gasteiger partial charge in [-0.1, -0.05) is 18.2 Å². The lowest BCUT2D eigenvalue weighted by atomic mass is 10.1. The van der Waals surface area contributed by atoms with Gasteiger partial charge in [0.05, 0.1) is 5.69 Å². The van der Waals surface area contributed by atoms with Crippen LogP contribution in [0.3, 0.4) is 0 Å². The van der Waals surface area contributed by atoms with Crippen molar-refractivity contribution in [3.63, 3.8) is 0 Å². The van der Waals surface area contributed by atoms with Gasteiger partial charge in [0, 0.05) is 50.2 Å². The van der Waals surface area contributed by atoms with Crippen LogP contribution in [0.15, 0.2) is 24.3 Å². The van der Waals surface area contributed by atoms with Crippen molar-refractivity contribution in [2.75, 3.05) is 18.0 Å². The SMILES string of the molecule is Cc1nn(C)c(C)c1CN1CCNCc2ccccc21. The van der Waals surface area contributed by atoms with Crippen LogP contribution in [0.2, 0.25) is 0 Å². The van der Waals surface area contributed by atoms with Gasteiger partial charge in [-0.05, 0) is 25.5 Å². The first-order chi connectivity index (χ1) is 9.66. The summed E-state index contributed by atoms with van der Waals surface area (Å²) in [5.74, 6) is 0. The van der Waals surface area contributed by atoms with Gasteiger partial charge in [-0.25, -0.2) is 0 Å². The molecule has 1 aromatic heterocycles. The Morgan fingerprint density at radius 1 is 1.25 bits per heavy atom. The molecule has 1 aromatic carbocycles. The van der Waals surface area contributed by atoms with Gasteiger partial charge in [0.1, 0.15) is 0 Å². The molecule has 106 valence electrons. The van der Waals surface area contributed by atoms with E-state index in [0.29, 0.717) is 0 Å². The van der Waals surface area contributed by atoms with E-state index in [0.717, 1.165) is 31.9 Å². The molecule has 0 fully saturated rings. The smallest absolute Gasteiger partial charge is 0.0646 e. The van der Waals surface area contributed by atoms with Crippen molar-refractivity contribution in [1.29, 1.82) is 0 Å². The van der Waals surface area contributed by atoms with Gasteiger partial charge in [0.15, 0.2) is 0 Å². The van der Waals surface area contributed by atoms with Gasteiger partial charge < -0.3 is 10.2 Å². The normalized spacial score (nSPS) is 15.1. The molecule has 0 bridgehead atoms. The summed E-state index contributed by atoms with van der Waals surface area (Å²) in [5, 5.41) is 8.02. The third-order valence-corrected chi connectivity index (χ3v) is 4.21. The Morgan fingerprint density at radius 3 is 2.80 bits per heavy atom. The maximum Gasteiger partial charge on any atom is 0.0646 e. The fourth-order valence-electron chi connectivity index (χ4n) is 2.93. The summed E-state index contributed by atoms with van der Waals surface area (Å²) in [6, 6.07) is 8.68. The zero-order chi connectivity index (χ0) is 14.1. The molecule has 0 amide bonds. The molecule has 0 saturated heterocycles. The van der Waals surface area contributed by atoms with Crippen LogP contribution in [0, 0.1) is 13.8 Å². The Kier molecular flexibility index (Phi) is 3.49. The summed E-state index contributed by atoms with van der Waals surface area (Å²) < 4.78 is 1.98. The van der Waals surface area contributed by atoms with Crippen molar-refractivity contribution in [2.45, 2.75) is 26.9 Å². The van der Waals surface area contributed by atoms with Crippen LogP contribution in [0.4, 0.5) is 5.69 Å². The van der Waals surface area contributed by atoms with E-state index < -0.39 is 0 Å². The first-order valence-electron chi connectivity index (χ1n) is 7.19. The van der Waals surface area contributed by atoms with Crippen LogP contribution in [0.25, 0.3) is 0 Å². The molecule has 0 saturated carbocycles. The average Bonchev–Trinajstić information content (AvgIpc) is 2.63. The molecule has 20 heavy (non-hydrogen) atoms. The standard InChI is InChI=1S/C16H22N4/c1-12-15(13(2)19(3)18-12)11-20-9-8-17-10-14-6-4-5-7-16(14)20/h4-7,17H,8-11H2,1-3H3. The number of rotatable bonds is 2. The molecule has 0 radical (unpaired) electrons. The summed E-state index contributed by atoms with van der Waals surface area (Å²) in [6.07, 6.45) is 0. The van der Waals surface area contributed by atoms with Gasteiger partial charge in [0.2, 0.25) is 0 Å². The van der Waals surface area contributed by atoms with E-state index in [4.69, 9.17) is 0 Å². The molecule has 0 spiro atoms. The predicted octanol–water partition coefficient (Wildman–Crippen LogP) is 2.15. The number of fused-ring (bicyclic) bond motifs is 1. The summed E-state index contributed by atoms with van der Waals surface area (Å²) in [4.78, 5) is 2.46. The zero-order valence-electron chi connectivity index (χ0n) is 12.5. The molecule has 1 N–H and O–H groups in total. The lowest BCUT2D eigenvalue weighted by Gasteiger charge is -2.24. The van der Waals surface area contributed by atoms with Crippen molar-refractivity contribution in [3.8, 4) is 0 Å². The average molecular weight is 270 g/mol. The zero-order valence-corrected chi connectivity index (χ0v) is 12.5. The molecule has 1 aliphatic rings. The van der Waals surface area contributed by atoms with Crippen LogP contribution in [-0.2, 0) is 20.1 Å². The highest BCUT2D eigenvalue weighted by atomic mass is 15.3. The van der Waals surface area contributed by atoms with Crippen molar-refractivity contribution >= 4 is 5.69 Å². The first-order valence-corrected chi connectivity index (χ1v) is 7.19. The summed E-state index contributed by atoms with van der Waals surface area (Å²) in [5.41, 5.74) is 6.48. The van der Waals surface area contributed by atoms with E-state index >= 15 is 0 Å². The van der Waals surface area contributed by atoms with E-state index in [2.05, 4.69) is 53.4 Å². The molecule has 2 aromatic rings. The molecule has 4 nitrogen and oxygen atoms in total. The van der Waals surface area contributed by atoms with Crippen molar-refractivity contribution in [3.05, 3.63) is 46.8 Å². The molecule has 0 unspecified atom stereocenters. The topological polar surface area (TPSA) is 33.1 Å². The number of aryl methyl sites for hydroxylation is 2. The Bertz CT molecular complexity index is 615. The molecular weight excluding hydrogens is 248 g/mol. The second-order valence-electron chi connectivity index (χ2n) is 5.50. The van der Waals surface area contributed by atoms with Gasteiger partial charge in [-0.2, -0.15) is 5.10 Å². The fourth-order valence-corrected chi connectivity index (χ4v) is 2.93. The minimum atomic E-state index is 0.935. The predicted molar refractivity (Wildman–Crippen MR) is 81.9 cm³/mol. The Morgan fingerprint density at radius 2 is 2.05 bits per heavy atom. The van der Waals surface area contributed by atoms with Crippen LogP contribution < -0.4 is 10.2 Å². The molecule has 1 aliphatic heterocycles. The van der Waals surface area contributed by atoms with Crippen LogP contribution in [0.1, 0.15) is 22.5 Å². The van der Waals surface area contributed by atoms with E-state index in [9.17, 15) is 0 Å². The fraction of sp³-hybridized carbons (Fsp3) is 0.438. The number of hydrogen-bond acceptors (Lipinski definition) is 3. The highest BCUT2D eigenvalue weighted by Crippen LogP contribution is 2.25. The van der Waals surface area contributed by atoms with Crippen LogP contribution >= 0.6 is 0 Å². The van der Waals surface area contributed by atoms with Crippen molar-refractivity contribution < 1.29 is 0 Å². The maximum atomic E-state index is 4.53. The highest BCUT2D eigenvalue weighted by Gasteiger charge is 2.18. The summed E-state index contributed by atoms with van der Waals surface area (Å²) in [6.45, 7) is 8.20. The number of benzene rings is 1. The number of hydrogen-bond donors (Lipinski definition) is 1. The first kappa shape index (κ1) is 13.2. The number of nitrogens with one attached hydrogen (secondary N) is 1. The van der Waals surface area contributed by atoms with Crippen molar-refractivity contribution in [2.24, 2.45) is 7.05 Å².